The van der Waals surface area contributed by atoms with Gasteiger partial charge in [-0.1, -0.05) is 12.1 Å². The van der Waals surface area contributed by atoms with E-state index in [0.717, 1.165) is 63.0 Å². The molecule has 0 unspecified atom stereocenters. The van der Waals surface area contributed by atoms with Gasteiger partial charge in [0.05, 0.1) is 11.0 Å². The molecule has 0 spiro atoms. The molecule has 6 nitrogen and oxygen atoms in total. The number of aliphatic imine (C=N–C) groups is 1. The number of guanidine groups is 1. The Morgan fingerprint density at radius 2 is 2.00 bits per heavy atom. The number of unbranched alkanes of at least 4 members (excludes halogenated alkanes) is 1. The molecule has 0 amide bonds. The van der Waals surface area contributed by atoms with E-state index in [-0.39, 0.29) is 0 Å². The molecule has 0 saturated heterocycles. The molecule has 0 fully saturated rings. The van der Waals surface area contributed by atoms with Gasteiger partial charge < -0.3 is 19.9 Å². The maximum absolute atomic E-state index is 5.34. The van der Waals surface area contributed by atoms with Gasteiger partial charge in [0.2, 0.25) is 0 Å². The zero-order valence-electron chi connectivity index (χ0n) is 15.0. The van der Waals surface area contributed by atoms with Crippen LogP contribution in [0.3, 0.4) is 0 Å². The molecule has 0 atom stereocenters. The third kappa shape index (κ3) is 5.23. The average molecular weight is 331 g/mol. The smallest absolute Gasteiger partial charge is 0.191 e. The Balaban J connectivity index is 1.74. The predicted octanol–water partition coefficient (Wildman–Crippen LogP) is 2.33. The summed E-state index contributed by atoms with van der Waals surface area (Å²) in [7, 11) is 1.80. The molecule has 1 aromatic heterocycles. The number of fused-ring (bicyclic) bond motifs is 1. The minimum absolute atomic E-state index is 0.791. The summed E-state index contributed by atoms with van der Waals surface area (Å²) in [6.07, 6.45) is 2.14. The van der Waals surface area contributed by atoms with Gasteiger partial charge in [-0.15, -0.1) is 0 Å². The lowest BCUT2D eigenvalue weighted by molar-refractivity contribution is 0.143. The highest BCUT2D eigenvalue weighted by Gasteiger charge is 2.06. The minimum Gasteiger partial charge on any atom is -0.382 e. The lowest BCUT2D eigenvalue weighted by Crippen LogP contribution is -2.39. The van der Waals surface area contributed by atoms with Gasteiger partial charge >= 0.3 is 0 Å². The molecular weight excluding hydrogens is 302 g/mol. The van der Waals surface area contributed by atoms with Crippen LogP contribution >= 0.6 is 0 Å². The summed E-state index contributed by atoms with van der Waals surface area (Å²) in [4.78, 5) is 8.86. The average Bonchev–Trinajstić information content (AvgIpc) is 2.92. The number of para-hydroxylation sites is 2. The monoisotopic (exact) mass is 331 g/mol. The van der Waals surface area contributed by atoms with Crippen molar-refractivity contribution in [2.75, 3.05) is 33.4 Å². The molecule has 2 N–H and O–H groups in total. The Bertz CT molecular complexity index is 650. The van der Waals surface area contributed by atoms with Crippen molar-refractivity contribution in [1.82, 2.24) is 20.2 Å². The molecule has 0 aliphatic rings. The van der Waals surface area contributed by atoms with Crippen molar-refractivity contribution in [2.45, 2.75) is 33.2 Å². The Morgan fingerprint density at radius 3 is 2.79 bits per heavy atom. The van der Waals surface area contributed by atoms with Crippen molar-refractivity contribution < 1.29 is 4.74 Å². The van der Waals surface area contributed by atoms with Crippen LogP contribution in [0.25, 0.3) is 11.0 Å². The molecule has 2 aromatic rings. The second kappa shape index (κ2) is 9.93. The number of ether oxygens (including phenoxy) is 1. The van der Waals surface area contributed by atoms with Gasteiger partial charge in [-0.3, -0.25) is 4.99 Å². The van der Waals surface area contributed by atoms with E-state index < -0.39 is 0 Å². The summed E-state index contributed by atoms with van der Waals surface area (Å²) in [6.45, 7) is 8.26. The number of nitrogens with zero attached hydrogens (tertiary/aromatic N) is 3. The van der Waals surface area contributed by atoms with Gasteiger partial charge in [0.25, 0.3) is 0 Å². The molecule has 0 aliphatic heterocycles. The second-order valence-electron chi connectivity index (χ2n) is 5.63. The van der Waals surface area contributed by atoms with E-state index in [1.807, 2.05) is 19.9 Å². The molecule has 132 valence electrons. The number of aromatic nitrogens is 2. The first kappa shape index (κ1) is 18.3. The summed E-state index contributed by atoms with van der Waals surface area (Å²) in [5.41, 5.74) is 2.22. The van der Waals surface area contributed by atoms with E-state index in [0.29, 0.717) is 0 Å². The largest absolute Gasteiger partial charge is 0.382 e. The quantitative estimate of drug-likeness (QED) is 0.420. The number of nitrogens with one attached hydrogen (secondary N) is 2. The molecule has 0 aliphatic carbocycles. The summed E-state index contributed by atoms with van der Waals surface area (Å²) < 4.78 is 7.57. The Labute approximate surface area is 144 Å². The third-order valence-electron chi connectivity index (χ3n) is 3.91. The molecule has 0 bridgehead atoms. The summed E-state index contributed by atoms with van der Waals surface area (Å²) in [5.74, 6) is 1.88. The standard InChI is InChI=1S/C18H29N5O/c1-4-24-14-8-7-11-20-18(19-3)21-12-13-23-15(2)22-16-9-5-6-10-17(16)23/h5-6,9-10H,4,7-8,11-14H2,1-3H3,(H2,19,20,21). The third-order valence-corrected chi connectivity index (χ3v) is 3.91. The van der Waals surface area contributed by atoms with Crippen LogP contribution in [0.2, 0.25) is 0 Å². The van der Waals surface area contributed by atoms with Crippen molar-refractivity contribution in [1.29, 1.82) is 0 Å². The van der Waals surface area contributed by atoms with Crippen LogP contribution in [0, 0.1) is 6.92 Å². The molecule has 0 saturated carbocycles. The fraction of sp³-hybridized carbons (Fsp3) is 0.556. The van der Waals surface area contributed by atoms with E-state index in [9.17, 15) is 0 Å². The number of aryl methyl sites for hydroxylation is 1. The highest BCUT2D eigenvalue weighted by molar-refractivity contribution is 5.79. The molecule has 0 radical (unpaired) electrons. The van der Waals surface area contributed by atoms with Gasteiger partial charge in [0.1, 0.15) is 5.82 Å². The van der Waals surface area contributed by atoms with Crippen molar-refractivity contribution in [2.24, 2.45) is 4.99 Å². The Hall–Kier alpha value is -2.08. The van der Waals surface area contributed by atoms with E-state index in [4.69, 9.17) is 4.74 Å². The Morgan fingerprint density at radius 1 is 1.21 bits per heavy atom. The molecule has 1 aromatic carbocycles. The van der Waals surface area contributed by atoms with Crippen LogP contribution in [0.1, 0.15) is 25.6 Å². The van der Waals surface area contributed by atoms with Gasteiger partial charge in [-0.2, -0.15) is 0 Å². The van der Waals surface area contributed by atoms with Crippen LogP contribution in [0.5, 0.6) is 0 Å². The number of hydrogen-bond acceptors (Lipinski definition) is 3. The number of imidazole rings is 1. The zero-order valence-corrected chi connectivity index (χ0v) is 15.0. The van der Waals surface area contributed by atoms with Crippen molar-refractivity contribution >= 4 is 17.0 Å². The van der Waals surface area contributed by atoms with Crippen LogP contribution < -0.4 is 10.6 Å². The molecule has 6 heteroatoms. The van der Waals surface area contributed by atoms with E-state index in [1.165, 1.54) is 5.52 Å². The molecule has 1 heterocycles. The van der Waals surface area contributed by atoms with Gasteiger partial charge in [0.15, 0.2) is 5.96 Å². The van der Waals surface area contributed by atoms with Crippen molar-refractivity contribution in [3.8, 4) is 0 Å². The normalized spacial score (nSPS) is 11.9. The first-order valence-corrected chi connectivity index (χ1v) is 8.70. The lowest BCUT2D eigenvalue weighted by Gasteiger charge is -2.13. The lowest BCUT2D eigenvalue weighted by atomic mass is 10.3. The highest BCUT2D eigenvalue weighted by Crippen LogP contribution is 2.14. The number of hydrogen-bond donors (Lipinski definition) is 2. The van der Waals surface area contributed by atoms with Gasteiger partial charge in [-0.25, -0.2) is 4.98 Å². The van der Waals surface area contributed by atoms with Crippen LogP contribution in [0.15, 0.2) is 29.3 Å². The Kier molecular flexibility index (Phi) is 7.55. The number of benzene rings is 1. The second-order valence-corrected chi connectivity index (χ2v) is 5.63. The summed E-state index contributed by atoms with van der Waals surface area (Å²) in [5, 5.41) is 6.70. The zero-order chi connectivity index (χ0) is 17.2. The van der Waals surface area contributed by atoms with E-state index in [2.05, 4.69) is 43.4 Å². The summed E-state index contributed by atoms with van der Waals surface area (Å²) in [6, 6.07) is 8.24. The summed E-state index contributed by atoms with van der Waals surface area (Å²) >= 11 is 0. The fourth-order valence-corrected chi connectivity index (χ4v) is 2.67. The van der Waals surface area contributed by atoms with E-state index in [1.54, 1.807) is 7.05 Å². The minimum atomic E-state index is 0.791. The van der Waals surface area contributed by atoms with Crippen LogP contribution in [-0.2, 0) is 11.3 Å². The van der Waals surface area contributed by atoms with Crippen molar-refractivity contribution in [3.63, 3.8) is 0 Å². The molecule has 2 rings (SSSR count). The van der Waals surface area contributed by atoms with Crippen LogP contribution in [-0.4, -0.2) is 48.9 Å². The first-order valence-electron chi connectivity index (χ1n) is 8.70. The SMILES string of the molecule is CCOCCCCNC(=NC)NCCn1c(C)nc2ccccc21. The van der Waals surface area contributed by atoms with Gasteiger partial charge in [0, 0.05) is 39.9 Å². The molecular formula is C18H29N5O. The van der Waals surface area contributed by atoms with Gasteiger partial charge in [-0.05, 0) is 38.8 Å². The number of rotatable bonds is 9. The van der Waals surface area contributed by atoms with Crippen LogP contribution in [0.4, 0.5) is 0 Å². The first-order chi connectivity index (χ1) is 11.8. The van der Waals surface area contributed by atoms with E-state index >= 15 is 0 Å². The predicted molar refractivity (Wildman–Crippen MR) is 99.6 cm³/mol. The maximum Gasteiger partial charge on any atom is 0.191 e. The highest BCUT2D eigenvalue weighted by atomic mass is 16.5. The fourth-order valence-electron chi connectivity index (χ4n) is 2.67. The molecule has 24 heavy (non-hydrogen) atoms. The topological polar surface area (TPSA) is 63.5 Å². The maximum atomic E-state index is 5.34. The van der Waals surface area contributed by atoms with Crippen molar-refractivity contribution in [3.05, 3.63) is 30.1 Å².